The van der Waals surface area contributed by atoms with Crippen molar-refractivity contribution in [2.45, 2.75) is 13.3 Å². The number of hydrogen-bond donors (Lipinski definition) is 3. The minimum absolute atomic E-state index is 0. The van der Waals surface area contributed by atoms with Gasteiger partial charge in [0.15, 0.2) is 5.96 Å². The van der Waals surface area contributed by atoms with Crippen LogP contribution in [0.5, 0.6) is 0 Å². The molecule has 2 heterocycles. The maximum atomic E-state index is 12.1. The van der Waals surface area contributed by atoms with E-state index >= 15 is 0 Å². The lowest BCUT2D eigenvalue weighted by atomic mass is 10.1. The fraction of sp³-hybridized carbons (Fsp3) is 0.125. The lowest BCUT2D eigenvalue weighted by Gasteiger charge is -2.09. The van der Waals surface area contributed by atoms with Crippen LogP contribution in [-0.2, 0) is 6.42 Å². The normalized spacial score (nSPS) is 10.2. The maximum Gasteiger partial charge on any atom is 0.261 e. The van der Waals surface area contributed by atoms with Crippen LogP contribution in [0.25, 0.3) is 16.6 Å². The summed E-state index contributed by atoms with van der Waals surface area (Å²) in [5.41, 5.74) is 8.14. The van der Waals surface area contributed by atoms with Gasteiger partial charge in [-0.1, -0.05) is 13.0 Å². The highest BCUT2D eigenvalue weighted by Crippen LogP contribution is 2.20. The molecule has 24 heavy (non-hydrogen) atoms. The van der Waals surface area contributed by atoms with Crippen LogP contribution in [0.3, 0.4) is 0 Å². The Labute approximate surface area is 144 Å². The molecular formula is C16H17ClN6O. The lowest BCUT2D eigenvalue weighted by molar-refractivity contribution is 0.0975. The first kappa shape index (κ1) is 17.4. The molecule has 0 aliphatic carbocycles. The Bertz CT molecular complexity index is 904. The van der Waals surface area contributed by atoms with Crippen molar-refractivity contribution in [2.75, 3.05) is 0 Å². The topological polar surface area (TPSA) is 110 Å². The van der Waals surface area contributed by atoms with Crippen molar-refractivity contribution in [1.29, 1.82) is 5.41 Å². The third-order valence-corrected chi connectivity index (χ3v) is 3.53. The van der Waals surface area contributed by atoms with Gasteiger partial charge in [0.1, 0.15) is 0 Å². The molecule has 1 amide bonds. The van der Waals surface area contributed by atoms with Gasteiger partial charge in [-0.2, -0.15) is 5.10 Å². The van der Waals surface area contributed by atoms with E-state index < -0.39 is 5.91 Å². The quantitative estimate of drug-likeness (QED) is 0.498. The molecule has 3 rings (SSSR count). The van der Waals surface area contributed by atoms with E-state index in [0.29, 0.717) is 12.0 Å². The second-order valence-corrected chi connectivity index (χ2v) is 5.02. The number of benzene rings is 1. The van der Waals surface area contributed by atoms with E-state index in [1.54, 1.807) is 10.9 Å². The first-order valence-electron chi connectivity index (χ1n) is 7.17. The standard InChI is InChI=1S/C16H16N6O.ClH/c1-2-14-12(15(23)21-16(17)18)9-20-22(14)11-5-6-13-10(8-11)4-3-7-19-13;/h3-9H,2H2,1H3,(H4,17,18,21,23);1H. The zero-order valence-electron chi connectivity index (χ0n) is 13.0. The van der Waals surface area contributed by atoms with Crippen LogP contribution in [0.1, 0.15) is 23.0 Å². The molecule has 124 valence electrons. The molecule has 0 aliphatic rings. The van der Waals surface area contributed by atoms with Crippen LogP contribution in [0.4, 0.5) is 0 Å². The molecule has 0 bridgehead atoms. The van der Waals surface area contributed by atoms with E-state index in [4.69, 9.17) is 11.1 Å². The summed E-state index contributed by atoms with van der Waals surface area (Å²) in [5.74, 6) is -0.815. The SMILES string of the molecule is CCc1c(C(=O)NC(=N)N)cnn1-c1ccc2ncccc2c1.Cl. The third-order valence-electron chi connectivity index (χ3n) is 3.53. The summed E-state index contributed by atoms with van der Waals surface area (Å²) < 4.78 is 1.72. The number of aromatic nitrogens is 3. The second kappa shape index (κ2) is 7.10. The molecule has 8 heteroatoms. The maximum absolute atomic E-state index is 12.1. The van der Waals surface area contributed by atoms with Crippen LogP contribution in [0.15, 0.2) is 42.7 Å². The van der Waals surface area contributed by atoms with Gasteiger partial charge in [-0.25, -0.2) is 4.68 Å². The smallest absolute Gasteiger partial charge is 0.261 e. The molecule has 0 atom stereocenters. The summed E-state index contributed by atoms with van der Waals surface area (Å²) in [7, 11) is 0. The van der Waals surface area contributed by atoms with Gasteiger partial charge in [0.05, 0.1) is 28.7 Å². The van der Waals surface area contributed by atoms with Crippen LogP contribution in [-0.4, -0.2) is 26.6 Å². The highest BCUT2D eigenvalue weighted by molar-refractivity contribution is 6.05. The number of amides is 1. The predicted molar refractivity (Wildman–Crippen MR) is 94.9 cm³/mol. The van der Waals surface area contributed by atoms with Crippen LogP contribution in [0, 0.1) is 5.41 Å². The fourth-order valence-corrected chi connectivity index (χ4v) is 2.51. The van der Waals surface area contributed by atoms with E-state index in [1.807, 2.05) is 37.3 Å². The number of pyridine rings is 1. The Morgan fingerprint density at radius 2 is 2.17 bits per heavy atom. The van der Waals surface area contributed by atoms with Gasteiger partial charge in [0.25, 0.3) is 5.91 Å². The second-order valence-electron chi connectivity index (χ2n) is 5.02. The molecular weight excluding hydrogens is 328 g/mol. The van der Waals surface area contributed by atoms with Crippen molar-refractivity contribution in [3.8, 4) is 5.69 Å². The summed E-state index contributed by atoms with van der Waals surface area (Å²) in [4.78, 5) is 16.4. The Morgan fingerprint density at radius 1 is 1.38 bits per heavy atom. The van der Waals surface area contributed by atoms with Crippen LogP contribution in [0.2, 0.25) is 0 Å². The number of hydrogen-bond acceptors (Lipinski definition) is 4. The molecule has 0 unspecified atom stereocenters. The number of nitrogens with zero attached hydrogens (tertiary/aromatic N) is 3. The monoisotopic (exact) mass is 344 g/mol. The third kappa shape index (κ3) is 3.21. The van der Waals surface area contributed by atoms with Crippen molar-refractivity contribution >= 4 is 35.2 Å². The summed E-state index contributed by atoms with van der Waals surface area (Å²) in [6.45, 7) is 1.95. The summed E-state index contributed by atoms with van der Waals surface area (Å²) in [5, 5.41) is 14.8. The Kier molecular flexibility index (Phi) is 5.15. The first-order chi connectivity index (χ1) is 11.1. The summed E-state index contributed by atoms with van der Waals surface area (Å²) in [6.07, 6.45) is 3.86. The van der Waals surface area contributed by atoms with Gasteiger partial charge >= 0.3 is 0 Å². The molecule has 0 spiro atoms. The molecule has 7 nitrogen and oxygen atoms in total. The minimum atomic E-state index is -0.428. The van der Waals surface area contributed by atoms with Crippen molar-refractivity contribution in [3.05, 3.63) is 54.0 Å². The summed E-state index contributed by atoms with van der Waals surface area (Å²) >= 11 is 0. The summed E-state index contributed by atoms with van der Waals surface area (Å²) in [6, 6.07) is 9.66. The average Bonchev–Trinajstić information content (AvgIpc) is 2.97. The van der Waals surface area contributed by atoms with Gasteiger partial charge in [-0.15, -0.1) is 12.4 Å². The Balaban J connectivity index is 0.00000208. The van der Waals surface area contributed by atoms with Crippen molar-refractivity contribution in [1.82, 2.24) is 20.1 Å². The largest absolute Gasteiger partial charge is 0.370 e. The molecule has 0 saturated carbocycles. The van der Waals surface area contributed by atoms with Crippen molar-refractivity contribution in [3.63, 3.8) is 0 Å². The van der Waals surface area contributed by atoms with E-state index in [-0.39, 0.29) is 18.4 Å². The van der Waals surface area contributed by atoms with E-state index in [9.17, 15) is 4.79 Å². The van der Waals surface area contributed by atoms with Crippen LogP contribution < -0.4 is 11.1 Å². The zero-order valence-corrected chi connectivity index (χ0v) is 13.8. The molecule has 0 fully saturated rings. The zero-order chi connectivity index (χ0) is 16.4. The highest BCUT2D eigenvalue weighted by atomic mass is 35.5. The number of guanidine groups is 1. The minimum Gasteiger partial charge on any atom is -0.370 e. The number of halogens is 1. The van der Waals surface area contributed by atoms with E-state index in [0.717, 1.165) is 22.3 Å². The number of nitrogens with two attached hydrogens (primary N) is 1. The van der Waals surface area contributed by atoms with E-state index in [2.05, 4.69) is 15.4 Å². The first-order valence-corrected chi connectivity index (χ1v) is 7.17. The number of carbonyl (C=O) groups is 1. The number of rotatable bonds is 3. The van der Waals surface area contributed by atoms with Gasteiger partial charge in [0.2, 0.25) is 0 Å². The molecule has 2 aromatic heterocycles. The number of nitrogens with one attached hydrogen (secondary N) is 2. The molecule has 0 aliphatic heterocycles. The number of fused-ring (bicyclic) bond motifs is 1. The average molecular weight is 345 g/mol. The highest BCUT2D eigenvalue weighted by Gasteiger charge is 2.17. The molecule has 0 radical (unpaired) electrons. The molecule has 0 saturated heterocycles. The Hall–Kier alpha value is -2.93. The molecule has 4 N–H and O–H groups in total. The van der Waals surface area contributed by atoms with Gasteiger partial charge < -0.3 is 5.73 Å². The Morgan fingerprint density at radius 3 is 2.88 bits per heavy atom. The molecule has 3 aromatic rings. The van der Waals surface area contributed by atoms with Gasteiger partial charge in [-0.05, 0) is 30.7 Å². The van der Waals surface area contributed by atoms with Crippen molar-refractivity contribution in [2.24, 2.45) is 5.73 Å². The lowest BCUT2D eigenvalue weighted by Crippen LogP contribution is -2.36. The molecule has 1 aromatic carbocycles. The van der Waals surface area contributed by atoms with Gasteiger partial charge in [-0.3, -0.25) is 20.5 Å². The van der Waals surface area contributed by atoms with Crippen LogP contribution >= 0.6 is 12.4 Å². The van der Waals surface area contributed by atoms with Gasteiger partial charge in [0, 0.05) is 11.6 Å². The van der Waals surface area contributed by atoms with E-state index in [1.165, 1.54) is 6.20 Å². The van der Waals surface area contributed by atoms with Crippen molar-refractivity contribution < 1.29 is 4.79 Å². The fourth-order valence-electron chi connectivity index (χ4n) is 2.51. The predicted octanol–water partition coefficient (Wildman–Crippen LogP) is 2.03. The number of carbonyl (C=O) groups excluding carboxylic acids is 1.